The molecular formula is C38H47N7O5S. The van der Waals surface area contributed by atoms with Gasteiger partial charge in [0.15, 0.2) is 5.65 Å². The van der Waals surface area contributed by atoms with Crippen molar-refractivity contribution in [3.05, 3.63) is 84.3 Å². The van der Waals surface area contributed by atoms with E-state index in [-0.39, 0.29) is 28.4 Å². The predicted octanol–water partition coefficient (Wildman–Crippen LogP) is 7.41. The van der Waals surface area contributed by atoms with Crippen LogP contribution in [0.3, 0.4) is 0 Å². The Bertz CT molecular complexity index is 2060. The standard InChI is InChI=1S/C38H47N7O5S/c1-6-23-44-26-29(25-40-44)34-32-21-24-45(51(48,49)31-19-13-27(2)14-20-31)35(32)43-37(42-34)41-30-17-15-28(16-18-30)36(47)39-22-11-9-7-8-10-12-33(46)50-38(3,4)5/h13-21,24-26H,6-12,22-23H2,1-5H3,(H,39,47)(H,41,42,43). The van der Waals surface area contributed by atoms with E-state index in [0.717, 1.165) is 56.2 Å². The van der Waals surface area contributed by atoms with E-state index in [9.17, 15) is 18.0 Å². The van der Waals surface area contributed by atoms with Crippen LogP contribution in [-0.2, 0) is 26.1 Å². The number of nitrogens with one attached hydrogen (secondary N) is 2. The number of nitrogens with zero attached hydrogens (tertiary/aromatic N) is 5. The van der Waals surface area contributed by atoms with Gasteiger partial charge in [-0.05, 0) is 89.4 Å². The number of hydrogen-bond donors (Lipinski definition) is 2. The van der Waals surface area contributed by atoms with Gasteiger partial charge >= 0.3 is 5.97 Å². The highest BCUT2D eigenvalue weighted by Crippen LogP contribution is 2.31. The maximum absolute atomic E-state index is 13.8. The molecule has 3 aromatic heterocycles. The molecule has 0 saturated carbocycles. The van der Waals surface area contributed by atoms with E-state index in [4.69, 9.17) is 9.72 Å². The van der Waals surface area contributed by atoms with Crippen molar-refractivity contribution in [3.8, 4) is 11.3 Å². The van der Waals surface area contributed by atoms with Gasteiger partial charge in [-0.15, -0.1) is 0 Å². The van der Waals surface area contributed by atoms with Crippen molar-refractivity contribution in [1.29, 1.82) is 0 Å². The lowest BCUT2D eigenvalue weighted by molar-refractivity contribution is -0.154. The molecule has 0 radical (unpaired) electrons. The summed E-state index contributed by atoms with van der Waals surface area (Å²) in [5.74, 6) is -0.137. The van der Waals surface area contributed by atoms with Gasteiger partial charge in [-0.25, -0.2) is 17.4 Å². The number of esters is 1. The van der Waals surface area contributed by atoms with Gasteiger partial charge in [0.25, 0.3) is 15.9 Å². The van der Waals surface area contributed by atoms with Gasteiger partial charge in [0.2, 0.25) is 5.95 Å². The summed E-state index contributed by atoms with van der Waals surface area (Å²) in [6, 6.07) is 15.3. The molecule has 13 heteroatoms. The second kappa shape index (κ2) is 16.3. The molecule has 5 rings (SSSR count). The lowest BCUT2D eigenvalue weighted by atomic mass is 10.1. The third-order valence-electron chi connectivity index (χ3n) is 8.11. The second-order valence-electron chi connectivity index (χ2n) is 13.6. The van der Waals surface area contributed by atoms with Crippen molar-refractivity contribution in [3.63, 3.8) is 0 Å². The molecule has 0 aliphatic heterocycles. The molecule has 12 nitrogen and oxygen atoms in total. The summed E-state index contributed by atoms with van der Waals surface area (Å²) in [4.78, 5) is 34.2. The molecule has 5 aromatic rings. The van der Waals surface area contributed by atoms with Crippen LogP contribution in [0.25, 0.3) is 22.3 Å². The summed E-state index contributed by atoms with van der Waals surface area (Å²) in [6.45, 7) is 10.9. The summed E-state index contributed by atoms with van der Waals surface area (Å²) >= 11 is 0. The molecule has 0 atom stereocenters. The topological polar surface area (TPSA) is 150 Å². The number of amides is 1. The Morgan fingerprint density at radius 2 is 1.61 bits per heavy atom. The highest BCUT2D eigenvalue weighted by molar-refractivity contribution is 7.90. The van der Waals surface area contributed by atoms with Crippen LogP contribution in [0.2, 0.25) is 0 Å². The summed E-state index contributed by atoms with van der Waals surface area (Å²) < 4.78 is 35.9. The SMILES string of the molecule is CCCn1cc(-c2nc(Nc3ccc(C(=O)NCCCCCCCC(=O)OC(C)(C)C)cc3)nc3c2ccn3S(=O)(=O)c2ccc(C)cc2)cn1. The number of aryl methyl sites for hydroxylation is 2. The summed E-state index contributed by atoms with van der Waals surface area (Å²) in [6.07, 6.45) is 11.0. The van der Waals surface area contributed by atoms with Gasteiger partial charge in [0.05, 0.1) is 16.8 Å². The normalized spacial score (nSPS) is 11.9. The lowest BCUT2D eigenvalue weighted by Crippen LogP contribution is -2.24. The largest absolute Gasteiger partial charge is 0.460 e. The Balaban J connectivity index is 1.25. The van der Waals surface area contributed by atoms with Gasteiger partial charge in [-0.1, -0.05) is 43.9 Å². The Labute approximate surface area is 299 Å². The van der Waals surface area contributed by atoms with Crippen molar-refractivity contribution >= 4 is 44.6 Å². The fraction of sp³-hybridized carbons (Fsp3) is 0.395. The van der Waals surface area contributed by atoms with E-state index in [1.807, 2.05) is 38.6 Å². The van der Waals surface area contributed by atoms with E-state index in [1.54, 1.807) is 60.8 Å². The minimum atomic E-state index is -3.95. The van der Waals surface area contributed by atoms with Crippen molar-refractivity contribution in [2.45, 2.75) is 96.6 Å². The zero-order valence-corrected chi connectivity index (χ0v) is 30.8. The molecule has 270 valence electrons. The van der Waals surface area contributed by atoms with E-state index in [1.165, 1.54) is 10.2 Å². The molecule has 0 unspecified atom stereocenters. The first kappa shape index (κ1) is 37.2. The molecule has 2 aromatic carbocycles. The van der Waals surface area contributed by atoms with Gasteiger partial charge in [0.1, 0.15) is 5.60 Å². The monoisotopic (exact) mass is 713 g/mol. The molecule has 3 heterocycles. The summed E-state index contributed by atoms with van der Waals surface area (Å²) in [7, 11) is -3.95. The van der Waals surface area contributed by atoms with Crippen molar-refractivity contribution < 1.29 is 22.7 Å². The number of benzene rings is 2. The third-order valence-corrected chi connectivity index (χ3v) is 9.79. The van der Waals surface area contributed by atoms with Crippen LogP contribution in [0, 0.1) is 6.92 Å². The van der Waals surface area contributed by atoms with Crippen LogP contribution in [0.1, 0.15) is 88.6 Å². The minimum absolute atomic E-state index is 0.153. The highest BCUT2D eigenvalue weighted by atomic mass is 32.2. The molecule has 0 aliphatic rings. The number of fused-ring (bicyclic) bond motifs is 1. The maximum atomic E-state index is 13.8. The predicted molar refractivity (Wildman–Crippen MR) is 198 cm³/mol. The first-order valence-electron chi connectivity index (χ1n) is 17.5. The Morgan fingerprint density at radius 3 is 2.31 bits per heavy atom. The van der Waals surface area contributed by atoms with Crippen LogP contribution in [0.4, 0.5) is 11.6 Å². The smallest absolute Gasteiger partial charge is 0.306 e. The average molecular weight is 714 g/mol. The summed E-state index contributed by atoms with van der Waals surface area (Å²) in [5, 5.41) is 11.2. The summed E-state index contributed by atoms with van der Waals surface area (Å²) in [5.41, 5.74) is 3.14. The van der Waals surface area contributed by atoms with Crippen molar-refractivity contribution in [2.24, 2.45) is 0 Å². The number of aromatic nitrogens is 5. The molecule has 1 amide bonds. The fourth-order valence-electron chi connectivity index (χ4n) is 5.58. The van der Waals surface area contributed by atoms with E-state index >= 15 is 0 Å². The zero-order chi connectivity index (χ0) is 36.6. The number of unbranched alkanes of at least 4 members (excludes halogenated alkanes) is 4. The second-order valence-corrected chi connectivity index (χ2v) is 15.4. The number of hydrogen-bond acceptors (Lipinski definition) is 9. The Morgan fingerprint density at radius 1 is 0.902 bits per heavy atom. The third kappa shape index (κ3) is 9.81. The first-order valence-corrected chi connectivity index (χ1v) is 18.9. The van der Waals surface area contributed by atoms with Gasteiger partial charge in [0, 0.05) is 54.1 Å². The average Bonchev–Trinajstić information content (AvgIpc) is 3.73. The van der Waals surface area contributed by atoms with Crippen LogP contribution < -0.4 is 10.6 Å². The molecule has 0 aliphatic carbocycles. The molecule has 0 saturated heterocycles. The number of carbonyl (C=O) groups excluding carboxylic acids is 2. The van der Waals surface area contributed by atoms with Gasteiger partial charge < -0.3 is 15.4 Å². The molecule has 51 heavy (non-hydrogen) atoms. The maximum Gasteiger partial charge on any atom is 0.306 e. The fourth-order valence-corrected chi connectivity index (χ4v) is 6.87. The van der Waals surface area contributed by atoms with E-state index < -0.39 is 15.6 Å². The van der Waals surface area contributed by atoms with Gasteiger partial charge in [-0.3, -0.25) is 14.3 Å². The Hall–Kier alpha value is -5.04. The van der Waals surface area contributed by atoms with Crippen LogP contribution in [-0.4, -0.2) is 56.2 Å². The highest BCUT2D eigenvalue weighted by Gasteiger charge is 2.23. The van der Waals surface area contributed by atoms with Gasteiger partial charge in [-0.2, -0.15) is 10.1 Å². The molecule has 0 fully saturated rings. The molecule has 0 bridgehead atoms. The zero-order valence-electron chi connectivity index (χ0n) is 30.0. The van der Waals surface area contributed by atoms with Crippen LogP contribution in [0.5, 0.6) is 0 Å². The molecular weight excluding hydrogens is 667 g/mol. The van der Waals surface area contributed by atoms with Crippen molar-refractivity contribution in [1.82, 2.24) is 29.0 Å². The van der Waals surface area contributed by atoms with Crippen LogP contribution >= 0.6 is 0 Å². The number of carbonyl (C=O) groups is 2. The quantitative estimate of drug-likeness (QED) is 0.0787. The number of rotatable bonds is 16. The van der Waals surface area contributed by atoms with Crippen LogP contribution in [0.15, 0.2) is 78.1 Å². The number of anilines is 2. The van der Waals surface area contributed by atoms with E-state index in [2.05, 4.69) is 27.6 Å². The van der Waals surface area contributed by atoms with Crippen molar-refractivity contribution in [2.75, 3.05) is 11.9 Å². The first-order chi connectivity index (χ1) is 24.3. The lowest BCUT2D eigenvalue weighted by Gasteiger charge is -2.19. The Kier molecular flexibility index (Phi) is 11.9. The minimum Gasteiger partial charge on any atom is -0.460 e. The molecule has 0 spiro atoms. The number of ether oxygens (including phenoxy) is 1. The molecule has 2 N–H and O–H groups in total. The van der Waals surface area contributed by atoms with E-state index in [0.29, 0.717) is 35.3 Å².